The van der Waals surface area contributed by atoms with Crippen molar-refractivity contribution in [2.45, 2.75) is 39.3 Å². The smallest absolute Gasteiger partial charge is 0.329 e. The quantitative estimate of drug-likeness (QED) is 0.737. The number of hydrogen-bond acceptors (Lipinski definition) is 3. The third-order valence-electron chi connectivity index (χ3n) is 3.35. The van der Waals surface area contributed by atoms with E-state index < -0.39 is 17.6 Å². The Balaban J connectivity index is 2.35. The number of halogens is 2. The second-order valence-corrected chi connectivity index (χ2v) is 7.34. The van der Waals surface area contributed by atoms with Crippen molar-refractivity contribution in [2.24, 2.45) is 0 Å². The second kappa shape index (κ2) is 6.99. The lowest BCUT2D eigenvalue weighted by Gasteiger charge is -2.23. The summed E-state index contributed by atoms with van der Waals surface area (Å²) in [7, 11) is 0. The molecule has 0 amide bonds. The first-order valence-corrected chi connectivity index (χ1v) is 8.24. The largest absolute Gasteiger partial charge is 0.458 e. The van der Waals surface area contributed by atoms with E-state index in [9.17, 15) is 9.59 Å². The van der Waals surface area contributed by atoms with Gasteiger partial charge in [0.2, 0.25) is 0 Å². The fourth-order valence-electron chi connectivity index (χ4n) is 2.20. The normalized spacial score (nSPS) is 12.8. The van der Waals surface area contributed by atoms with Gasteiger partial charge in [0.05, 0.1) is 0 Å². The number of hydrogen-bond donors (Lipinski definition) is 0. The molecule has 4 nitrogen and oxygen atoms in total. The highest BCUT2D eigenvalue weighted by molar-refractivity contribution is 6.35. The molecule has 0 N–H and O–H groups in total. The van der Waals surface area contributed by atoms with E-state index in [1.165, 1.54) is 10.6 Å². The third kappa shape index (κ3) is 4.40. The maximum atomic E-state index is 12.4. The Morgan fingerprint density at radius 2 is 1.83 bits per heavy atom. The van der Waals surface area contributed by atoms with Crippen LogP contribution in [-0.4, -0.2) is 16.1 Å². The van der Waals surface area contributed by atoms with Gasteiger partial charge in [-0.2, -0.15) is 0 Å². The lowest BCUT2D eigenvalue weighted by Crippen LogP contribution is -2.33. The summed E-state index contributed by atoms with van der Waals surface area (Å²) in [6, 6.07) is 7.48. The van der Waals surface area contributed by atoms with Gasteiger partial charge in [0.25, 0.3) is 5.56 Å². The molecule has 2 rings (SSSR count). The van der Waals surface area contributed by atoms with Gasteiger partial charge in [-0.1, -0.05) is 23.2 Å². The highest BCUT2D eigenvalue weighted by atomic mass is 35.5. The predicted molar refractivity (Wildman–Crippen MR) is 96.7 cm³/mol. The van der Waals surface area contributed by atoms with Crippen molar-refractivity contribution < 1.29 is 9.53 Å². The van der Waals surface area contributed by atoms with Crippen molar-refractivity contribution in [2.75, 3.05) is 0 Å². The molecule has 0 bridgehead atoms. The van der Waals surface area contributed by atoms with Crippen LogP contribution in [0.15, 0.2) is 41.3 Å². The van der Waals surface area contributed by atoms with Crippen LogP contribution in [0, 0.1) is 0 Å². The van der Waals surface area contributed by atoms with Crippen LogP contribution in [0.4, 0.5) is 0 Å². The summed E-state index contributed by atoms with van der Waals surface area (Å²) in [5, 5.41) is 1.03. The number of rotatable bonds is 3. The van der Waals surface area contributed by atoms with E-state index in [4.69, 9.17) is 27.9 Å². The number of carbonyl (C=O) groups excluding carboxylic acids is 1. The van der Waals surface area contributed by atoms with Gasteiger partial charge < -0.3 is 9.30 Å². The maximum Gasteiger partial charge on any atom is 0.329 e. The molecule has 0 unspecified atom stereocenters. The van der Waals surface area contributed by atoms with E-state index in [0.29, 0.717) is 21.2 Å². The van der Waals surface area contributed by atoms with Crippen LogP contribution in [0.1, 0.15) is 33.7 Å². The van der Waals surface area contributed by atoms with Crippen LogP contribution in [0.3, 0.4) is 0 Å². The Kier molecular flexibility index (Phi) is 5.41. The summed E-state index contributed by atoms with van der Waals surface area (Å²) in [6.07, 6.45) is 1.56. The van der Waals surface area contributed by atoms with Crippen LogP contribution < -0.4 is 5.56 Å². The molecule has 0 aliphatic heterocycles. The van der Waals surface area contributed by atoms with E-state index in [1.54, 1.807) is 58.2 Å². The molecule has 0 aliphatic carbocycles. The summed E-state index contributed by atoms with van der Waals surface area (Å²) in [4.78, 5) is 24.5. The van der Waals surface area contributed by atoms with Crippen LogP contribution in [0.5, 0.6) is 0 Å². The van der Waals surface area contributed by atoms with Crippen LogP contribution in [0.2, 0.25) is 10.0 Å². The molecule has 0 fully saturated rings. The van der Waals surface area contributed by atoms with E-state index in [-0.39, 0.29) is 5.56 Å². The summed E-state index contributed by atoms with van der Waals surface area (Å²) in [5.41, 5.74) is 0.379. The van der Waals surface area contributed by atoms with E-state index in [1.807, 2.05) is 0 Å². The van der Waals surface area contributed by atoms with Gasteiger partial charge in [0.1, 0.15) is 11.6 Å². The molecular weight excluding hydrogens is 349 g/mol. The van der Waals surface area contributed by atoms with E-state index in [0.717, 1.165) is 0 Å². The molecule has 1 aromatic carbocycles. The Hall–Kier alpha value is -1.78. The van der Waals surface area contributed by atoms with Gasteiger partial charge >= 0.3 is 5.97 Å². The lowest BCUT2D eigenvalue weighted by atomic mass is 10.1. The number of nitrogens with zero attached hydrogens (tertiary/aromatic N) is 1. The van der Waals surface area contributed by atoms with Crippen molar-refractivity contribution in [3.8, 4) is 11.1 Å². The molecule has 0 saturated heterocycles. The van der Waals surface area contributed by atoms with Crippen molar-refractivity contribution in [1.82, 2.24) is 4.57 Å². The predicted octanol–water partition coefficient (Wildman–Crippen LogP) is 4.72. The zero-order chi connectivity index (χ0) is 18.1. The van der Waals surface area contributed by atoms with Crippen molar-refractivity contribution in [3.05, 3.63) is 56.9 Å². The summed E-state index contributed by atoms with van der Waals surface area (Å²) in [6.45, 7) is 6.97. The number of aromatic nitrogens is 1. The maximum absolute atomic E-state index is 12.4. The number of esters is 1. The first-order valence-electron chi connectivity index (χ1n) is 7.49. The number of benzene rings is 1. The minimum atomic E-state index is -0.722. The van der Waals surface area contributed by atoms with Crippen molar-refractivity contribution >= 4 is 29.2 Å². The highest BCUT2D eigenvalue weighted by Crippen LogP contribution is 2.29. The van der Waals surface area contributed by atoms with Gasteiger partial charge in [-0.25, -0.2) is 4.79 Å². The zero-order valence-electron chi connectivity index (χ0n) is 14.0. The van der Waals surface area contributed by atoms with Crippen LogP contribution in [-0.2, 0) is 9.53 Å². The number of carbonyl (C=O) groups is 1. The summed E-state index contributed by atoms with van der Waals surface area (Å²) < 4.78 is 6.65. The van der Waals surface area contributed by atoms with E-state index in [2.05, 4.69) is 0 Å². The summed E-state index contributed by atoms with van der Waals surface area (Å²) >= 11 is 12.2. The minimum absolute atomic E-state index is 0.318. The topological polar surface area (TPSA) is 48.3 Å². The fourth-order valence-corrected chi connectivity index (χ4v) is 2.60. The molecule has 2 aromatic rings. The number of pyridine rings is 1. The first-order chi connectivity index (χ1) is 11.1. The number of ether oxygens (including phenoxy) is 1. The SMILES string of the molecule is C[C@@H](C(=O)OC(C)(C)C)n1ccc(-c2cc(Cl)ccc2Cl)cc1=O. The van der Waals surface area contributed by atoms with Gasteiger partial charge in [-0.15, -0.1) is 0 Å². The molecule has 128 valence electrons. The lowest BCUT2D eigenvalue weighted by molar-refractivity contribution is -0.158. The molecule has 24 heavy (non-hydrogen) atoms. The van der Waals surface area contributed by atoms with Crippen LogP contribution in [0.25, 0.3) is 11.1 Å². The monoisotopic (exact) mass is 367 g/mol. The third-order valence-corrected chi connectivity index (χ3v) is 3.92. The molecule has 1 atom stereocenters. The van der Waals surface area contributed by atoms with Crippen LogP contribution >= 0.6 is 23.2 Å². The Morgan fingerprint density at radius 3 is 2.42 bits per heavy atom. The zero-order valence-corrected chi connectivity index (χ0v) is 15.5. The standard InChI is InChI=1S/C18H19Cl2NO3/c1-11(17(23)24-18(2,3)4)21-8-7-12(9-16(21)22)14-10-13(19)5-6-15(14)20/h5-11H,1-4H3/t11-/m0/s1. The molecular formula is C18H19Cl2NO3. The first kappa shape index (κ1) is 18.6. The van der Waals surface area contributed by atoms with Crippen molar-refractivity contribution in [1.29, 1.82) is 0 Å². The molecule has 0 radical (unpaired) electrons. The Labute approximate surface area is 151 Å². The molecule has 1 heterocycles. The Morgan fingerprint density at radius 1 is 1.17 bits per heavy atom. The molecule has 0 saturated carbocycles. The van der Waals surface area contributed by atoms with Crippen molar-refractivity contribution in [3.63, 3.8) is 0 Å². The molecule has 1 aromatic heterocycles. The minimum Gasteiger partial charge on any atom is -0.458 e. The van der Waals surface area contributed by atoms with E-state index >= 15 is 0 Å². The van der Waals surface area contributed by atoms with Gasteiger partial charge in [0.15, 0.2) is 0 Å². The fraction of sp³-hybridized carbons (Fsp3) is 0.333. The summed E-state index contributed by atoms with van der Waals surface area (Å²) in [5.74, 6) is -0.460. The van der Waals surface area contributed by atoms with Gasteiger partial charge in [-0.05, 0) is 57.5 Å². The van der Waals surface area contributed by atoms with Gasteiger partial charge in [-0.3, -0.25) is 4.79 Å². The average Bonchev–Trinajstić information content (AvgIpc) is 2.47. The molecule has 0 spiro atoms. The Bertz CT molecular complexity index is 822. The molecule has 0 aliphatic rings. The van der Waals surface area contributed by atoms with Gasteiger partial charge in [0, 0.05) is 27.9 Å². The average molecular weight is 368 g/mol. The molecule has 6 heteroatoms. The highest BCUT2D eigenvalue weighted by Gasteiger charge is 2.23. The second-order valence-electron chi connectivity index (χ2n) is 6.49.